The van der Waals surface area contributed by atoms with E-state index in [1.807, 2.05) is 0 Å². The Balaban J connectivity index is 1.63. The van der Waals surface area contributed by atoms with Crippen molar-refractivity contribution in [2.24, 2.45) is 0 Å². The van der Waals surface area contributed by atoms with E-state index in [1.54, 1.807) is 15.3 Å². The van der Waals surface area contributed by atoms with Crippen LogP contribution in [0.1, 0.15) is 81.3 Å². The summed E-state index contributed by atoms with van der Waals surface area (Å²) >= 11 is -2.53. The third-order valence-corrected chi connectivity index (χ3v) is 16.5. The molecule has 0 nitrogen and oxygen atoms in total. The summed E-state index contributed by atoms with van der Waals surface area (Å²) in [5.74, 6) is 0. The second kappa shape index (κ2) is 11.7. The van der Waals surface area contributed by atoms with Crippen molar-refractivity contribution in [1.82, 2.24) is 0 Å². The van der Waals surface area contributed by atoms with Gasteiger partial charge in [-0.1, -0.05) is 0 Å². The van der Waals surface area contributed by atoms with E-state index in [1.165, 1.54) is 38.9 Å². The van der Waals surface area contributed by atoms with E-state index in [2.05, 4.69) is 151 Å². The van der Waals surface area contributed by atoms with Gasteiger partial charge in [0.05, 0.1) is 0 Å². The summed E-state index contributed by atoms with van der Waals surface area (Å²) in [5, 5.41) is 0. The first-order valence-electron chi connectivity index (χ1n) is 15.6. The van der Waals surface area contributed by atoms with Crippen molar-refractivity contribution in [3.63, 3.8) is 0 Å². The average Bonchev–Trinajstić information content (AvgIpc) is 3.61. The summed E-state index contributed by atoms with van der Waals surface area (Å²) in [6, 6.07) is 34.9. The molecule has 42 heavy (non-hydrogen) atoms. The van der Waals surface area contributed by atoms with Gasteiger partial charge >= 0.3 is 263 Å². The maximum atomic E-state index is 2.67. The third kappa shape index (κ3) is 6.10. The Morgan fingerprint density at radius 1 is 0.667 bits per heavy atom. The van der Waals surface area contributed by atoms with E-state index in [9.17, 15) is 0 Å². The van der Waals surface area contributed by atoms with Crippen LogP contribution in [-0.2, 0) is 51.4 Å². The molecule has 0 heterocycles. The van der Waals surface area contributed by atoms with Gasteiger partial charge in [-0.2, -0.15) is 0 Å². The summed E-state index contributed by atoms with van der Waals surface area (Å²) < 4.78 is 5.22. The average molecular weight is 628 g/mol. The quantitative estimate of drug-likeness (QED) is 0.176. The minimum absolute atomic E-state index is 0.0871. The van der Waals surface area contributed by atoms with E-state index >= 15 is 0 Å². The molecule has 212 valence electrons. The van der Waals surface area contributed by atoms with Crippen LogP contribution in [0.4, 0.5) is 0 Å². The van der Waals surface area contributed by atoms with Crippen molar-refractivity contribution in [2.75, 3.05) is 0 Å². The van der Waals surface area contributed by atoms with Gasteiger partial charge in [0.1, 0.15) is 0 Å². The van der Waals surface area contributed by atoms with Crippen molar-refractivity contribution in [2.45, 2.75) is 78.1 Å². The van der Waals surface area contributed by atoms with Crippen LogP contribution in [-0.4, -0.2) is 3.21 Å². The van der Waals surface area contributed by atoms with Crippen molar-refractivity contribution >= 4 is 6.48 Å². The zero-order chi connectivity index (χ0) is 29.5. The molecule has 0 spiro atoms. The molecule has 2 aliphatic carbocycles. The van der Waals surface area contributed by atoms with Crippen LogP contribution in [0.15, 0.2) is 113 Å². The molecule has 6 rings (SSSR count). The molecule has 4 aromatic carbocycles. The first-order chi connectivity index (χ1) is 20.1. The van der Waals surface area contributed by atoms with Gasteiger partial charge in [-0.25, -0.2) is 0 Å². The predicted molar refractivity (Wildman–Crippen MR) is 179 cm³/mol. The molecule has 4 aromatic rings. The van der Waals surface area contributed by atoms with Crippen LogP contribution in [0.2, 0.25) is 0 Å². The van der Waals surface area contributed by atoms with Crippen molar-refractivity contribution < 1.29 is 21.3 Å². The van der Waals surface area contributed by atoms with Crippen molar-refractivity contribution in [1.29, 1.82) is 0 Å². The van der Waals surface area contributed by atoms with Crippen LogP contribution in [0.3, 0.4) is 0 Å². The Hall–Kier alpha value is -2.89. The van der Waals surface area contributed by atoms with Crippen molar-refractivity contribution in [3.8, 4) is 11.1 Å². The fourth-order valence-electron chi connectivity index (χ4n) is 6.54. The third-order valence-electron chi connectivity index (χ3n) is 8.99. The summed E-state index contributed by atoms with van der Waals surface area (Å²) in [7, 11) is 0. The molecule has 0 fully saturated rings. The van der Waals surface area contributed by atoms with E-state index in [0.29, 0.717) is 0 Å². The van der Waals surface area contributed by atoms with Crippen LogP contribution < -0.4 is 3.27 Å². The number of hydrogen-bond donors (Lipinski definition) is 0. The molecular weight excluding hydrogens is 584 g/mol. The zero-order valence-corrected chi connectivity index (χ0v) is 28.7. The monoisotopic (exact) mass is 626 g/mol. The van der Waals surface area contributed by atoms with Crippen LogP contribution in [0, 0.1) is 0 Å². The predicted octanol–water partition coefficient (Wildman–Crippen LogP) is 9.60. The number of allylic oxidation sites excluding steroid dienone is 4. The number of benzene rings is 4. The van der Waals surface area contributed by atoms with Crippen LogP contribution >= 0.6 is 0 Å². The molecule has 0 amide bonds. The number of fused-ring (bicyclic) bond motifs is 3. The first-order valence-corrected chi connectivity index (χ1v) is 19.2. The van der Waals surface area contributed by atoms with Gasteiger partial charge in [0.25, 0.3) is 0 Å². The van der Waals surface area contributed by atoms with Gasteiger partial charge in [0, 0.05) is 0 Å². The molecule has 0 aromatic heterocycles. The molecule has 0 atom stereocenters. The van der Waals surface area contributed by atoms with E-state index in [-0.39, 0.29) is 10.8 Å². The molecule has 0 N–H and O–H groups in total. The fraction of sp³-hybridized carbons (Fsp3) is 0.293. The topological polar surface area (TPSA) is 0 Å². The summed E-state index contributed by atoms with van der Waals surface area (Å²) in [4.78, 5) is 0. The normalized spacial score (nSPS) is 14.0. The van der Waals surface area contributed by atoms with Gasteiger partial charge in [0.2, 0.25) is 0 Å². The zero-order valence-electron chi connectivity index (χ0n) is 26.2. The maximum absolute atomic E-state index is 2.67. The standard InChI is InChI=1S/C21H25.C15H14.C5H5.Zr/c1-20(2,3)16-9-7-14-11-15-8-10-17(21(4,5)6)13-19(15)18(14)12-16;1-3-8-14(9-4-1)12-7-13-15-10-5-2-6-11-15;1-2-4-5-3-1;/h7,9-10,12-13H,11H2,1-6H3;1-6,8-11H,12-13H2;1-3H,4H2;. The molecule has 1 heteroatoms. The van der Waals surface area contributed by atoms with Crippen molar-refractivity contribution in [3.05, 3.63) is 146 Å². The molecule has 0 bridgehead atoms. The number of hydrogen-bond acceptors (Lipinski definition) is 0. The SMILES string of the molecule is CC(C)(C)c1ccc2c(c1)-c1cc(C(C)(C)C)c[c]([Zr]([C]3=CC=CC3)=[C](Cc3ccccc3)Cc3ccccc3)c1C2. The van der Waals surface area contributed by atoms with Gasteiger partial charge in [-0.3, -0.25) is 0 Å². The van der Waals surface area contributed by atoms with E-state index < -0.39 is 21.3 Å². The molecule has 0 saturated carbocycles. The second-order valence-electron chi connectivity index (χ2n) is 14.2. The van der Waals surface area contributed by atoms with Gasteiger partial charge in [-0.05, 0) is 0 Å². The summed E-state index contributed by atoms with van der Waals surface area (Å²) in [6.45, 7) is 14.2. The van der Waals surface area contributed by atoms with Gasteiger partial charge in [-0.15, -0.1) is 0 Å². The van der Waals surface area contributed by atoms with E-state index in [0.717, 1.165) is 25.7 Å². The molecule has 2 aliphatic rings. The molecule has 0 aliphatic heterocycles. The molecule has 0 radical (unpaired) electrons. The van der Waals surface area contributed by atoms with Crippen LogP contribution in [0.5, 0.6) is 0 Å². The van der Waals surface area contributed by atoms with Crippen LogP contribution in [0.25, 0.3) is 11.1 Å². The Morgan fingerprint density at radius 2 is 1.26 bits per heavy atom. The van der Waals surface area contributed by atoms with Gasteiger partial charge in [0.15, 0.2) is 0 Å². The minimum atomic E-state index is -2.53. The number of rotatable bonds is 6. The Bertz CT molecular complexity index is 1660. The molecule has 0 unspecified atom stereocenters. The summed E-state index contributed by atoms with van der Waals surface area (Å²) in [6.07, 6.45) is 11.5. The Labute approximate surface area is 261 Å². The van der Waals surface area contributed by atoms with E-state index in [4.69, 9.17) is 0 Å². The Kier molecular flexibility index (Phi) is 8.10. The van der Waals surface area contributed by atoms with Gasteiger partial charge < -0.3 is 0 Å². The first kappa shape index (κ1) is 29.2. The molecular formula is C41H44Zr. The molecule has 0 saturated heterocycles. The summed E-state index contributed by atoms with van der Waals surface area (Å²) in [5.41, 5.74) is 12.1. The second-order valence-corrected chi connectivity index (χ2v) is 20.7. The fourth-order valence-corrected chi connectivity index (χ4v) is 14.8. The Morgan fingerprint density at radius 3 is 1.81 bits per heavy atom.